The smallest absolute Gasteiger partial charge is 0.317 e. The number of thioether (sulfide) groups is 1. The summed E-state index contributed by atoms with van der Waals surface area (Å²) >= 11 is 4.94. The number of urea groups is 1. The van der Waals surface area contributed by atoms with Gasteiger partial charge in [0.2, 0.25) is 0 Å². The van der Waals surface area contributed by atoms with Crippen molar-refractivity contribution >= 4 is 51.4 Å². The maximum absolute atomic E-state index is 12.3. The number of aromatic nitrogens is 3. The number of alkyl halides is 1. The summed E-state index contributed by atoms with van der Waals surface area (Å²) in [5, 5.41) is 23.6. The van der Waals surface area contributed by atoms with Crippen LogP contribution in [0.5, 0.6) is 0 Å². The summed E-state index contributed by atoms with van der Waals surface area (Å²) in [4.78, 5) is 46.1. The number of aryl methyl sites for hydroxylation is 1. The van der Waals surface area contributed by atoms with Crippen LogP contribution in [0.4, 0.5) is 4.79 Å². The van der Waals surface area contributed by atoms with E-state index in [1.807, 2.05) is 18.0 Å². The minimum absolute atomic E-state index is 0.0684. The second-order valence-corrected chi connectivity index (χ2v) is 13.5. The molecule has 2 fully saturated rings. The number of nitrogens with one attached hydrogen (secondary N) is 2. The molecule has 2 saturated heterocycles. The number of amides is 2. The van der Waals surface area contributed by atoms with Crippen molar-refractivity contribution < 1.29 is 38.5 Å². The van der Waals surface area contributed by atoms with Gasteiger partial charge < -0.3 is 30.0 Å². The van der Waals surface area contributed by atoms with E-state index in [2.05, 4.69) is 36.9 Å². The molecule has 3 rings (SSSR count). The number of rotatable bonds is 21. The van der Waals surface area contributed by atoms with Gasteiger partial charge in [0.05, 0.1) is 56.2 Å². The molecule has 0 saturated carbocycles. The van der Waals surface area contributed by atoms with Gasteiger partial charge in [0.15, 0.2) is 0 Å². The van der Waals surface area contributed by atoms with E-state index < -0.39 is 22.2 Å². The molecule has 2 amide bonds. The van der Waals surface area contributed by atoms with E-state index in [1.165, 1.54) is 0 Å². The number of halogens is 1. The van der Waals surface area contributed by atoms with Crippen LogP contribution in [-0.2, 0) is 41.6 Å². The molecule has 42 heavy (non-hydrogen) atoms. The Morgan fingerprint density at radius 3 is 2.64 bits per heavy atom. The van der Waals surface area contributed by atoms with Gasteiger partial charge in [-0.3, -0.25) is 14.4 Å². The number of carboxylic acid groups (broad SMARTS) is 1. The first-order valence-electron chi connectivity index (χ1n) is 14.3. The van der Waals surface area contributed by atoms with Crippen LogP contribution in [0.25, 0.3) is 0 Å². The Bertz CT molecular complexity index is 1060. The molecule has 4 unspecified atom stereocenters. The van der Waals surface area contributed by atoms with Gasteiger partial charge in [0.25, 0.3) is 0 Å². The lowest BCUT2D eigenvalue weighted by Gasteiger charge is -2.23. The van der Waals surface area contributed by atoms with Gasteiger partial charge in [-0.25, -0.2) is 9.48 Å². The first kappa shape index (κ1) is 34.3. The second kappa shape index (κ2) is 17.2. The predicted molar refractivity (Wildman–Crippen MR) is 159 cm³/mol. The zero-order valence-corrected chi connectivity index (χ0v) is 26.6. The number of nitrogens with zero attached hydrogens (tertiary/aromatic N) is 3. The molecule has 1 aromatic heterocycles. The number of unbranched alkanes of at least 4 members (excludes halogenated alkanes) is 1. The molecule has 3 heterocycles. The number of carbonyl (C=O) groups is 4. The van der Waals surface area contributed by atoms with E-state index in [1.54, 1.807) is 18.5 Å². The van der Waals surface area contributed by atoms with Gasteiger partial charge in [-0.15, -0.1) is 5.10 Å². The third-order valence-electron chi connectivity index (χ3n) is 7.19. The number of aliphatic carboxylic acids is 1. The first-order valence-corrected chi connectivity index (χ1v) is 16.3. The lowest BCUT2D eigenvalue weighted by molar-refractivity contribution is -0.156. The van der Waals surface area contributed by atoms with Gasteiger partial charge in [0.1, 0.15) is 17.2 Å². The van der Waals surface area contributed by atoms with Crippen LogP contribution in [0.1, 0.15) is 58.1 Å². The third-order valence-corrected chi connectivity index (χ3v) is 9.41. The third kappa shape index (κ3) is 11.5. The van der Waals surface area contributed by atoms with Crippen LogP contribution in [0.2, 0.25) is 0 Å². The lowest BCUT2D eigenvalue weighted by Crippen LogP contribution is -2.36. The Morgan fingerprint density at radius 2 is 1.88 bits per heavy atom. The number of ketones is 1. The highest BCUT2D eigenvalue weighted by Crippen LogP contribution is 2.33. The molecular formula is C27H42BrN5O8S. The molecule has 4 atom stereocenters. The second-order valence-electron chi connectivity index (χ2n) is 11.1. The van der Waals surface area contributed by atoms with Crippen molar-refractivity contribution in [2.75, 3.05) is 38.8 Å². The summed E-state index contributed by atoms with van der Waals surface area (Å²) in [5.41, 5.74) is -0.155. The molecule has 3 N–H and O–H groups in total. The molecule has 15 heteroatoms. The fourth-order valence-electron chi connectivity index (χ4n) is 4.75. The Labute approximate surface area is 258 Å². The lowest BCUT2D eigenvalue weighted by atomic mass is 9.88. The van der Waals surface area contributed by atoms with E-state index in [9.17, 15) is 19.2 Å². The van der Waals surface area contributed by atoms with Crippen LogP contribution < -0.4 is 10.6 Å². The van der Waals surface area contributed by atoms with Crippen molar-refractivity contribution in [1.29, 1.82) is 0 Å². The summed E-state index contributed by atoms with van der Waals surface area (Å²) < 4.78 is 17.9. The number of fused-ring (bicyclic) bond motifs is 1. The molecule has 0 radical (unpaired) electrons. The number of esters is 1. The van der Waals surface area contributed by atoms with Crippen molar-refractivity contribution in [3.05, 3.63) is 11.9 Å². The minimum Gasteiger partial charge on any atom is -0.480 e. The van der Waals surface area contributed by atoms with E-state index >= 15 is 0 Å². The molecule has 0 aliphatic carbocycles. The van der Waals surface area contributed by atoms with Crippen molar-refractivity contribution in [3.8, 4) is 0 Å². The van der Waals surface area contributed by atoms with Crippen molar-refractivity contribution in [2.45, 2.75) is 87.5 Å². The SMILES string of the molecule is CC(C)(CC(Br)C(=O)O)C(=O)OCCOCCOCCn1cc(CCC(=O)CCCCC2SCC3NC(=O)NC32)nn1. The summed E-state index contributed by atoms with van der Waals surface area (Å²) in [6.07, 6.45) is 6.35. The average molecular weight is 677 g/mol. The van der Waals surface area contributed by atoms with E-state index in [4.69, 9.17) is 19.3 Å². The van der Waals surface area contributed by atoms with Gasteiger partial charge >= 0.3 is 18.0 Å². The molecule has 0 bridgehead atoms. The molecule has 1 aromatic rings. The van der Waals surface area contributed by atoms with E-state index in [0.717, 1.165) is 30.7 Å². The number of ether oxygens (including phenoxy) is 3. The molecule has 13 nitrogen and oxygen atoms in total. The molecule has 2 aliphatic heterocycles. The summed E-state index contributed by atoms with van der Waals surface area (Å²) in [5.74, 6) is -0.320. The first-order chi connectivity index (χ1) is 20.0. The van der Waals surface area contributed by atoms with Crippen molar-refractivity contribution in [3.63, 3.8) is 0 Å². The highest BCUT2D eigenvalue weighted by molar-refractivity contribution is 9.10. The Hall–Kier alpha value is -2.23. The zero-order valence-electron chi connectivity index (χ0n) is 24.2. The summed E-state index contributed by atoms with van der Waals surface area (Å²) in [6.45, 7) is 5.22. The topological polar surface area (TPSA) is 171 Å². The molecule has 0 spiro atoms. The van der Waals surface area contributed by atoms with Crippen LogP contribution in [0, 0.1) is 5.41 Å². The fraction of sp³-hybridized carbons (Fsp3) is 0.778. The predicted octanol–water partition coefficient (Wildman–Crippen LogP) is 2.35. The maximum atomic E-state index is 12.3. The Kier molecular flexibility index (Phi) is 14.0. The molecular weight excluding hydrogens is 634 g/mol. The highest BCUT2D eigenvalue weighted by atomic mass is 79.9. The number of hydrogen-bond donors (Lipinski definition) is 3. The number of carboxylic acids is 1. The molecule has 0 aromatic carbocycles. The van der Waals surface area contributed by atoms with Crippen LogP contribution >= 0.6 is 27.7 Å². The average Bonchev–Trinajstić information content (AvgIpc) is 3.64. The zero-order chi connectivity index (χ0) is 30.5. The van der Waals surface area contributed by atoms with Gasteiger partial charge in [0, 0.05) is 30.0 Å². The maximum Gasteiger partial charge on any atom is 0.317 e. The van der Waals surface area contributed by atoms with E-state index in [0.29, 0.717) is 50.9 Å². The van der Waals surface area contributed by atoms with Crippen molar-refractivity contribution in [2.24, 2.45) is 5.41 Å². The standard InChI is InChI=1S/C27H42BrN5O8S/c1-27(2,15-20(28)24(35)36)25(37)41-14-13-40-12-11-39-10-9-33-16-18(31-32-33)7-8-19(34)5-3-4-6-22-23-21(17-42-22)29-26(38)30-23/h16,20-23H,3-15,17H2,1-2H3,(H,35,36)(H2,29,30,38). The molecule has 236 valence electrons. The molecule has 2 aliphatic rings. The Morgan fingerprint density at radius 1 is 1.14 bits per heavy atom. The number of Topliss-reactive ketones (excluding diaryl/α,β-unsaturated/α-hetero) is 1. The van der Waals surface area contributed by atoms with Crippen LogP contribution in [0.3, 0.4) is 0 Å². The largest absolute Gasteiger partial charge is 0.480 e. The number of carbonyl (C=O) groups excluding carboxylic acids is 3. The Balaban J connectivity index is 1.15. The van der Waals surface area contributed by atoms with Gasteiger partial charge in [-0.1, -0.05) is 27.6 Å². The quantitative estimate of drug-likeness (QED) is 0.0756. The highest BCUT2D eigenvalue weighted by Gasteiger charge is 2.42. The number of hydrogen-bond acceptors (Lipinski definition) is 10. The van der Waals surface area contributed by atoms with E-state index in [-0.39, 0.29) is 43.5 Å². The van der Waals surface area contributed by atoms with Crippen molar-refractivity contribution in [1.82, 2.24) is 25.6 Å². The van der Waals surface area contributed by atoms with Crippen LogP contribution in [0.15, 0.2) is 6.20 Å². The summed E-state index contributed by atoms with van der Waals surface area (Å²) in [7, 11) is 0. The minimum atomic E-state index is -1.02. The normalized spacial score (nSPS) is 20.5. The monoisotopic (exact) mass is 675 g/mol. The van der Waals surface area contributed by atoms with Gasteiger partial charge in [-0.05, 0) is 39.5 Å². The summed E-state index contributed by atoms with van der Waals surface area (Å²) in [6, 6.07) is 0.380. The fourth-order valence-corrected chi connectivity index (χ4v) is 7.11. The van der Waals surface area contributed by atoms with Crippen LogP contribution in [-0.4, -0.2) is 105 Å². The van der Waals surface area contributed by atoms with Gasteiger partial charge in [-0.2, -0.15) is 11.8 Å².